The minimum atomic E-state index is -0.786. The Bertz CT molecular complexity index is 1190. The highest BCUT2D eigenvalue weighted by atomic mass is 35.5. The number of halogens is 2. The zero-order chi connectivity index (χ0) is 26.0. The van der Waals surface area contributed by atoms with Crippen LogP contribution in [0.2, 0.25) is 0 Å². The van der Waals surface area contributed by atoms with Crippen LogP contribution in [0, 0.1) is 11.8 Å². The summed E-state index contributed by atoms with van der Waals surface area (Å²) in [5, 5.41) is 4.41. The van der Waals surface area contributed by atoms with Crippen LogP contribution in [0.1, 0.15) is 30.1 Å². The zero-order valence-electron chi connectivity index (χ0n) is 19.2. The Hall–Kier alpha value is -3.43. The second kappa shape index (κ2) is 10.7. The summed E-state index contributed by atoms with van der Waals surface area (Å²) in [7, 11) is 0. The number of fused-ring (bicyclic) bond motifs is 1. The second-order valence-corrected chi connectivity index (χ2v) is 9.78. The van der Waals surface area contributed by atoms with E-state index >= 15 is 0 Å². The highest BCUT2D eigenvalue weighted by Gasteiger charge is 2.52. The fourth-order valence-corrected chi connectivity index (χ4v) is 4.96. The average Bonchev–Trinajstić information content (AvgIpc) is 3.08. The molecule has 188 valence electrons. The van der Waals surface area contributed by atoms with Crippen LogP contribution >= 0.6 is 23.2 Å². The van der Waals surface area contributed by atoms with Crippen LogP contribution in [0.3, 0.4) is 0 Å². The van der Waals surface area contributed by atoms with E-state index in [0.29, 0.717) is 24.2 Å². The first kappa shape index (κ1) is 25.7. The summed E-state index contributed by atoms with van der Waals surface area (Å²) in [4.78, 5) is 62.8. The topological polar surface area (TPSA) is 122 Å². The van der Waals surface area contributed by atoms with Crippen molar-refractivity contribution >= 4 is 69.9 Å². The summed E-state index contributed by atoms with van der Waals surface area (Å²) in [5.41, 5.74) is 1.36. The molecule has 2 aromatic rings. The number of esters is 1. The molecule has 4 amide bonds. The summed E-state index contributed by atoms with van der Waals surface area (Å²) in [6.07, 6.45) is 0.628. The Balaban J connectivity index is 1.37. The lowest BCUT2D eigenvalue weighted by atomic mass is 9.80. The number of nitrogens with zero attached hydrogens (tertiary/aromatic N) is 1. The molecule has 11 heteroatoms. The van der Waals surface area contributed by atoms with Crippen LogP contribution < -0.4 is 15.5 Å². The van der Waals surface area contributed by atoms with Gasteiger partial charge in [0.15, 0.2) is 6.61 Å². The number of amides is 4. The van der Waals surface area contributed by atoms with E-state index in [0.717, 1.165) is 4.90 Å². The highest BCUT2D eigenvalue weighted by molar-refractivity contribution is 6.31. The van der Waals surface area contributed by atoms with E-state index in [1.54, 1.807) is 30.3 Å². The number of ether oxygens (including phenoxy) is 1. The predicted octanol–water partition coefficient (Wildman–Crippen LogP) is 3.55. The lowest BCUT2D eigenvalue weighted by molar-refractivity contribution is -0.122. The van der Waals surface area contributed by atoms with E-state index in [1.807, 2.05) is 0 Å². The third-order valence-corrected chi connectivity index (χ3v) is 7.17. The van der Waals surface area contributed by atoms with Gasteiger partial charge in [0.05, 0.1) is 33.8 Å². The maximum atomic E-state index is 13.0. The maximum absolute atomic E-state index is 13.0. The minimum absolute atomic E-state index is 0.0841. The molecular weight excluding hydrogens is 509 g/mol. The van der Waals surface area contributed by atoms with Gasteiger partial charge >= 0.3 is 5.97 Å². The van der Waals surface area contributed by atoms with Gasteiger partial charge in [0.2, 0.25) is 17.7 Å². The van der Waals surface area contributed by atoms with Crippen molar-refractivity contribution in [3.63, 3.8) is 0 Å². The molecule has 1 heterocycles. The van der Waals surface area contributed by atoms with Crippen LogP contribution in [0.5, 0.6) is 0 Å². The predicted molar refractivity (Wildman–Crippen MR) is 134 cm³/mol. The maximum Gasteiger partial charge on any atom is 0.338 e. The first-order valence-corrected chi connectivity index (χ1v) is 12.1. The van der Waals surface area contributed by atoms with E-state index in [4.69, 9.17) is 27.9 Å². The molecule has 0 bridgehead atoms. The normalized spacial score (nSPS) is 23.1. The van der Waals surface area contributed by atoms with Gasteiger partial charge in [-0.25, -0.2) is 4.79 Å². The van der Waals surface area contributed by atoms with Crippen LogP contribution in [0.15, 0.2) is 48.5 Å². The monoisotopic (exact) mass is 531 g/mol. The summed E-state index contributed by atoms with van der Waals surface area (Å²) in [5.74, 6) is -3.38. The molecule has 4 rings (SSSR count). The van der Waals surface area contributed by atoms with Crippen molar-refractivity contribution in [3.8, 4) is 0 Å². The Labute approximate surface area is 217 Å². The fourth-order valence-electron chi connectivity index (χ4n) is 4.37. The molecule has 1 aliphatic heterocycles. The van der Waals surface area contributed by atoms with Gasteiger partial charge in [0.1, 0.15) is 0 Å². The van der Waals surface area contributed by atoms with Crippen molar-refractivity contribution in [3.05, 3.63) is 54.1 Å². The van der Waals surface area contributed by atoms with Crippen molar-refractivity contribution in [2.75, 3.05) is 22.1 Å². The summed E-state index contributed by atoms with van der Waals surface area (Å²) >= 11 is 12.4. The number of anilines is 3. The molecule has 1 saturated carbocycles. The quantitative estimate of drug-likeness (QED) is 0.334. The zero-order valence-corrected chi connectivity index (χ0v) is 20.7. The van der Waals surface area contributed by atoms with Gasteiger partial charge in [0, 0.05) is 18.3 Å². The van der Waals surface area contributed by atoms with Crippen molar-refractivity contribution in [1.82, 2.24) is 0 Å². The second-order valence-electron chi connectivity index (χ2n) is 8.66. The molecule has 0 spiro atoms. The molecule has 1 aliphatic carbocycles. The molecule has 2 fully saturated rings. The first-order valence-electron chi connectivity index (χ1n) is 11.2. The third-order valence-electron chi connectivity index (χ3n) is 6.07. The molecule has 2 aromatic carbocycles. The largest absolute Gasteiger partial charge is 0.452 e. The van der Waals surface area contributed by atoms with Crippen LogP contribution in [-0.4, -0.2) is 47.0 Å². The molecule has 0 aromatic heterocycles. The fraction of sp³-hybridized carbons (Fsp3) is 0.320. The van der Waals surface area contributed by atoms with Crippen molar-refractivity contribution in [2.45, 2.75) is 30.5 Å². The Kier molecular flexibility index (Phi) is 7.61. The van der Waals surface area contributed by atoms with E-state index < -0.39 is 41.1 Å². The van der Waals surface area contributed by atoms with E-state index in [-0.39, 0.29) is 29.0 Å². The Morgan fingerprint density at radius 1 is 0.917 bits per heavy atom. The van der Waals surface area contributed by atoms with Crippen molar-refractivity contribution < 1.29 is 28.7 Å². The lowest BCUT2D eigenvalue weighted by Crippen LogP contribution is -2.34. The summed E-state index contributed by atoms with van der Waals surface area (Å²) in [6, 6.07) is 12.3. The van der Waals surface area contributed by atoms with Crippen LogP contribution in [0.4, 0.5) is 17.1 Å². The number of carbonyl (C=O) groups excluding carboxylic acids is 5. The number of rotatable bonds is 6. The lowest BCUT2D eigenvalue weighted by Gasteiger charge is -2.28. The number of nitrogens with one attached hydrogen (secondary N) is 2. The van der Waals surface area contributed by atoms with Gasteiger partial charge in [0.25, 0.3) is 5.91 Å². The number of hydrogen-bond acceptors (Lipinski definition) is 6. The minimum Gasteiger partial charge on any atom is -0.452 e. The third kappa shape index (κ3) is 5.52. The molecule has 2 aliphatic rings. The van der Waals surface area contributed by atoms with Gasteiger partial charge in [-0.15, -0.1) is 23.2 Å². The van der Waals surface area contributed by atoms with Gasteiger partial charge in [-0.2, -0.15) is 0 Å². The molecule has 0 unspecified atom stereocenters. The van der Waals surface area contributed by atoms with E-state index in [1.165, 1.54) is 25.1 Å². The van der Waals surface area contributed by atoms with Gasteiger partial charge < -0.3 is 15.4 Å². The van der Waals surface area contributed by atoms with Gasteiger partial charge in [-0.05, 0) is 55.3 Å². The summed E-state index contributed by atoms with van der Waals surface area (Å²) in [6.45, 7) is 0.842. The standard InChI is InChI=1S/C25H23Cl2N3O6/c1-13(31)28-15-5-7-16(8-6-15)29-22(32)12-36-25(35)14-3-2-4-17(9-14)30-23(33)18-10-20(26)21(27)11-19(18)24(30)34/h2-9,18-21H,10-12H2,1H3,(H,28,31)(H,29,32)/t18-,19-,20+,21+/m1/s1. The number of alkyl halides is 2. The van der Waals surface area contributed by atoms with Crippen molar-refractivity contribution in [2.24, 2.45) is 11.8 Å². The molecule has 0 radical (unpaired) electrons. The van der Waals surface area contributed by atoms with Gasteiger partial charge in [-0.1, -0.05) is 6.07 Å². The SMILES string of the molecule is CC(=O)Nc1ccc(NC(=O)COC(=O)c2cccc(N3C(=O)[C@@H]4C[C@H](Cl)[C@@H](Cl)C[C@H]4C3=O)c2)cc1. The highest BCUT2D eigenvalue weighted by Crippen LogP contribution is 2.43. The van der Waals surface area contributed by atoms with Crippen molar-refractivity contribution in [1.29, 1.82) is 0 Å². The number of hydrogen-bond donors (Lipinski definition) is 2. The van der Waals surface area contributed by atoms with Crippen LogP contribution in [-0.2, 0) is 23.9 Å². The van der Waals surface area contributed by atoms with E-state index in [9.17, 15) is 24.0 Å². The molecule has 9 nitrogen and oxygen atoms in total. The number of carbonyl (C=O) groups is 5. The number of imide groups is 1. The molecule has 2 N–H and O–H groups in total. The molecule has 1 saturated heterocycles. The number of benzene rings is 2. The molecular formula is C25H23Cl2N3O6. The summed E-state index contributed by atoms with van der Waals surface area (Å²) < 4.78 is 5.10. The molecule has 4 atom stereocenters. The van der Waals surface area contributed by atoms with E-state index in [2.05, 4.69) is 10.6 Å². The Morgan fingerprint density at radius 3 is 2.03 bits per heavy atom. The molecule has 36 heavy (non-hydrogen) atoms. The first-order chi connectivity index (χ1) is 17.1. The average molecular weight is 532 g/mol. The van der Waals surface area contributed by atoms with Crippen LogP contribution in [0.25, 0.3) is 0 Å². The smallest absolute Gasteiger partial charge is 0.338 e. The van der Waals surface area contributed by atoms with Gasteiger partial charge in [-0.3, -0.25) is 24.1 Å². The Morgan fingerprint density at radius 2 is 1.47 bits per heavy atom.